The maximum atomic E-state index is 11.8. The van der Waals surface area contributed by atoms with Crippen LogP contribution < -0.4 is 10.6 Å². The highest BCUT2D eigenvalue weighted by Crippen LogP contribution is 2.10. The van der Waals surface area contributed by atoms with Gasteiger partial charge in [-0.15, -0.1) is 0 Å². The second-order valence-electron chi connectivity index (χ2n) is 4.90. The Morgan fingerprint density at radius 3 is 3.11 bits per heavy atom. The first-order valence-electron chi connectivity index (χ1n) is 6.87. The summed E-state index contributed by atoms with van der Waals surface area (Å²) in [6.07, 6.45) is 1.65. The van der Waals surface area contributed by atoms with Gasteiger partial charge in [-0.1, -0.05) is 12.1 Å². The van der Waals surface area contributed by atoms with Gasteiger partial charge in [0.25, 0.3) is 0 Å². The van der Waals surface area contributed by atoms with Crippen LogP contribution in [-0.2, 0) is 4.79 Å². The van der Waals surface area contributed by atoms with Crippen molar-refractivity contribution < 1.29 is 9.32 Å². The molecule has 1 saturated heterocycles. The Hall–Kier alpha value is -1.40. The first-order chi connectivity index (χ1) is 9.19. The van der Waals surface area contributed by atoms with E-state index in [1.807, 2.05) is 0 Å². The largest absolute Gasteiger partial charge is 0.360 e. The molecule has 1 aromatic heterocycles. The van der Waals surface area contributed by atoms with Gasteiger partial charge in [-0.25, -0.2) is 0 Å². The first kappa shape index (κ1) is 14.0. The predicted octanol–water partition coefficient (Wildman–Crippen LogP) is 0.995. The molecule has 0 saturated carbocycles. The third kappa shape index (κ3) is 4.04. The molecule has 1 aromatic rings. The van der Waals surface area contributed by atoms with Gasteiger partial charge < -0.3 is 15.2 Å². The van der Waals surface area contributed by atoms with E-state index in [4.69, 9.17) is 4.52 Å². The van der Waals surface area contributed by atoms with Crippen LogP contribution in [0.5, 0.6) is 0 Å². The molecule has 0 aliphatic carbocycles. The van der Waals surface area contributed by atoms with E-state index >= 15 is 0 Å². The van der Waals surface area contributed by atoms with Crippen molar-refractivity contribution in [1.29, 1.82) is 0 Å². The Bertz CT molecular complexity index is 413. The third-order valence-corrected chi connectivity index (χ3v) is 3.48. The summed E-state index contributed by atoms with van der Waals surface area (Å²) < 4.78 is 4.91. The van der Waals surface area contributed by atoms with E-state index in [0.29, 0.717) is 24.0 Å². The summed E-state index contributed by atoms with van der Waals surface area (Å²) >= 11 is 0. The summed E-state index contributed by atoms with van der Waals surface area (Å²) in [4.78, 5) is 14.2. The molecule has 0 spiro atoms. The summed E-state index contributed by atoms with van der Waals surface area (Å²) in [6, 6.07) is 2.28. The third-order valence-electron chi connectivity index (χ3n) is 3.48. The second-order valence-corrected chi connectivity index (χ2v) is 4.90. The number of rotatable bonds is 6. The number of nitrogens with one attached hydrogen (secondary N) is 2. The van der Waals surface area contributed by atoms with E-state index < -0.39 is 0 Å². The number of carbonyl (C=O) groups is 1. The van der Waals surface area contributed by atoms with Crippen molar-refractivity contribution in [3.63, 3.8) is 0 Å². The number of nitrogens with zero attached hydrogens (tertiary/aromatic N) is 2. The number of hydrogen-bond acceptors (Lipinski definition) is 5. The smallest absolute Gasteiger partial charge is 0.226 e. The van der Waals surface area contributed by atoms with Gasteiger partial charge in [-0.2, -0.15) is 0 Å². The zero-order valence-corrected chi connectivity index (χ0v) is 11.6. The lowest BCUT2D eigenvalue weighted by Crippen LogP contribution is -2.38. The molecule has 1 amide bonds. The zero-order valence-electron chi connectivity index (χ0n) is 11.6. The molecular weight excluding hydrogens is 244 g/mol. The molecular formula is C13H22N4O2. The summed E-state index contributed by atoms with van der Waals surface area (Å²) in [5.41, 5.74) is 0. The van der Waals surface area contributed by atoms with Gasteiger partial charge in [-0.05, 0) is 26.4 Å². The zero-order chi connectivity index (χ0) is 13.7. The summed E-state index contributed by atoms with van der Waals surface area (Å²) in [5, 5.41) is 9.85. The molecule has 1 atom stereocenters. The molecule has 0 aromatic carbocycles. The van der Waals surface area contributed by atoms with E-state index in [1.54, 1.807) is 13.0 Å². The van der Waals surface area contributed by atoms with Crippen molar-refractivity contribution in [2.75, 3.05) is 31.5 Å². The van der Waals surface area contributed by atoms with Gasteiger partial charge in [0.15, 0.2) is 5.82 Å². The van der Waals surface area contributed by atoms with E-state index in [1.165, 1.54) is 0 Å². The van der Waals surface area contributed by atoms with Crippen molar-refractivity contribution >= 4 is 11.7 Å². The topological polar surface area (TPSA) is 70.4 Å². The number of amides is 1. The SMILES string of the molecule is CCN(CCC(=O)Nc1cc(C)on1)C1CCNC1. The highest BCUT2D eigenvalue weighted by molar-refractivity contribution is 5.89. The van der Waals surface area contributed by atoms with Crippen molar-refractivity contribution in [2.45, 2.75) is 32.7 Å². The molecule has 0 radical (unpaired) electrons. The molecule has 6 nitrogen and oxygen atoms in total. The van der Waals surface area contributed by atoms with Crippen LogP contribution in [0.3, 0.4) is 0 Å². The molecule has 1 unspecified atom stereocenters. The Morgan fingerprint density at radius 1 is 1.68 bits per heavy atom. The molecule has 19 heavy (non-hydrogen) atoms. The average Bonchev–Trinajstić information content (AvgIpc) is 3.02. The van der Waals surface area contributed by atoms with Crippen LogP contribution in [0.1, 0.15) is 25.5 Å². The molecule has 2 rings (SSSR count). The predicted molar refractivity (Wildman–Crippen MR) is 73.0 cm³/mol. The van der Waals surface area contributed by atoms with Crippen LogP contribution in [0, 0.1) is 6.92 Å². The lowest BCUT2D eigenvalue weighted by Gasteiger charge is -2.26. The standard InChI is InChI=1S/C13H22N4O2/c1-3-17(11-4-6-14-9-11)7-5-13(18)15-12-8-10(2)19-16-12/h8,11,14H,3-7,9H2,1-2H3,(H,15,16,18). The maximum absolute atomic E-state index is 11.8. The minimum atomic E-state index is -0.0160. The number of aromatic nitrogens is 1. The fourth-order valence-electron chi connectivity index (χ4n) is 2.43. The van der Waals surface area contributed by atoms with Gasteiger partial charge in [0.1, 0.15) is 5.76 Å². The minimum absolute atomic E-state index is 0.0160. The number of carbonyl (C=O) groups excluding carboxylic acids is 1. The van der Waals surface area contributed by atoms with Crippen molar-refractivity contribution in [2.24, 2.45) is 0 Å². The van der Waals surface area contributed by atoms with Crippen LogP contribution in [0.4, 0.5) is 5.82 Å². The summed E-state index contributed by atoms with van der Waals surface area (Å²) in [6.45, 7) is 7.80. The van der Waals surface area contributed by atoms with Crippen LogP contribution in [0.25, 0.3) is 0 Å². The maximum Gasteiger partial charge on any atom is 0.226 e. The fraction of sp³-hybridized carbons (Fsp3) is 0.692. The van der Waals surface area contributed by atoms with Gasteiger partial charge >= 0.3 is 0 Å². The van der Waals surface area contributed by atoms with Gasteiger partial charge in [0, 0.05) is 31.6 Å². The van der Waals surface area contributed by atoms with E-state index in [-0.39, 0.29) is 5.91 Å². The number of likely N-dealkylation sites (N-methyl/N-ethyl adjacent to an activating group) is 1. The molecule has 1 fully saturated rings. The fourth-order valence-corrected chi connectivity index (χ4v) is 2.43. The van der Waals surface area contributed by atoms with E-state index in [2.05, 4.69) is 27.6 Å². The molecule has 106 valence electrons. The molecule has 1 aliphatic heterocycles. The van der Waals surface area contributed by atoms with Gasteiger partial charge in [0.05, 0.1) is 0 Å². The Kier molecular flexibility index (Phi) is 4.93. The monoisotopic (exact) mass is 266 g/mol. The van der Waals surface area contributed by atoms with E-state index in [9.17, 15) is 4.79 Å². The summed E-state index contributed by atoms with van der Waals surface area (Å²) in [5.74, 6) is 1.17. The van der Waals surface area contributed by atoms with Crippen LogP contribution in [0.2, 0.25) is 0 Å². The Morgan fingerprint density at radius 2 is 2.53 bits per heavy atom. The highest BCUT2D eigenvalue weighted by atomic mass is 16.5. The highest BCUT2D eigenvalue weighted by Gasteiger charge is 2.21. The molecule has 6 heteroatoms. The number of aryl methyl sites for hydroxylation is 1. The first-order valence-corrected chi connectivity index (χ1v) is 6.87. The average molecular weight is 266 g/mol. The lowest BCUT2D eigenvalue weighted by molar-refractivity contribution is -0.116. The van der Waals surface area contributed by atoms with E-state index in [0.717, 1.165) is 32.6 Å². The molecule has 2 N–H and O–H groups in total. The Balaban J connectivity index is 1.75. The quantitative estimate of drug-likeness (QED) is 0.803. The van der Waals surface area contributed by atoms with Crippen LogP contribution in [-0.4, -0.2) is 48.2 Å². The second kappa shape index (κ2) is 6.68. The van der Waals surface area contributed by atoms with Crippen molar-refractivity contribution in [3.8, 4) is 0 Å². The Labute approximate surface area is 113 Å². The molecule has 1 aliphatic rings. The van der Waals surface area contributed by atoms with Crippen LogP contribution in [0.15, 0.2) is 10.6 Å². The van der Waals surface area contributed by atoms with Gasteiger partial charge in [0.2, 0.25) is 5.91 Å². The molecule has 2 heterocycles. The van der Waals surface area contributed by atoms with Crippen molar-refractivity contribution in [1.82, 2.24) is 15.4 Å². The molecule has 0 bridgehead atoms. The van der Waals surface area contributed by atoms with Gasteiger partial charge in [-0.3, -0.25) is 9.69 Å². The summed E-state index contributed by atoms with van der Waals surface area (Å²) in [7, 11) is 0. The number of hydrogen-bond donors (Lipinski definition) is 2. The van der Waals surface area contributed by atoms with Crippen LogP contribution >= 0.6 is 0 Å². The lowest BCUT2D eigenvalue weighted by atomic mass is 10.2. The number of anilines is 1. The minimum Gasteiger partial charge on any atom is -0.360 e. The van der Waals surface area contributed by atoms with Crippen molar-refractivity contribution in [3.05, 3.63) is 11.8 Å². The normalized spacial score (nSPS) is 19.0.